The van der Waals surface area contributed by atoms with Gasteiger partial charge in [-0.15, -0.1) is 0 Å². The van der Waals surface area contributed by atoms with Gasteiger partial charge in [-0.05, 0) is 45.0 Å². The second-order valence-corrected chi connectivity index (χ2v) is 3.99. The second kappa shape index (κ2) is 5.76. The van der Waals surface area contributed by atoms with E-state index in [-0.39, 0.29) is 6.10 Å². The van der Waals surface area contributed by atoms with Gasteiger partial charge in [0.25, 0.3) is 0 Å². The quantitative estimate of drug-likeness (QED) is 0.801. The minimum atomic E-state index is 0.238. The second-order valence-electron chi connectivity index (χ2n) is 3.99. The summed E-state index contributed by atoms with van der Waals surface area (Å²) in [5, 5.41) is 3.29. The highest BCUT2D eigenvalue weighted by molar-refractivity contribution is 5.29. The van der Waals surface area contributed by atoms with Crippen molar-refractivity contribution in [2.24, 2.45) is 0 Å². The molecular weight excluding hydrogens is 186 g/mol. The first-order valence-corrected chi connectivity index (χ1v) is 5.61. The first kappa shape index (κ1) is 12.1. The molecule has 0 radical (unpaired) electrons. The molecule has 1 atom stereocenters. The fourth-order valence-corrected chi connectivity index (χ4v) is 1.66. The molecular formula is C13H21NO. The number of ether oxygens (including phenoxy) is 1. The first-order chi connectivity index (χ1) is 7.17. The van der Waals surface area contributed by atoms with E-state index in [9.17, 15) is 0 Å². The third-order valence-electron chi connectivity index (χ3n) is 2.41. The largest absolute Gasteiger partial charge is 0.491 e. The molecule has 0 aromatic heterocycles. The molecule has 1 unspecified atom stereocenters. The van der Waals surface area contributed by atoms with Crippen LogP contribution < -0.4 is 10.1 Å². The third-order valence-corrected chi connectivity index (χ3v) is 2.41. The van der Waals surface area contributed by atoms with Crippen molar-refractivity contribution >= 4 is 0 Å². The molecule has 1 aromatic carbocycles. The van der Waals surface area contributed by atoms with E-state index in [1.807, 2.05) is 33.0 Å². The van der Waals surface area contributed by atoms with Crippen LogP contribution in [0.1, 0.15) is 38.8 Å². The van der Waals surface area contributed by atoms with Gasteiger partial charge in [-0.2, -0.15) is 0 Å². The van der Waals surface area contributed by atoms with E-state index >= 15 is 0 Å². The van der Waals surface area contributed by atoms with Crippen molar-refractivity contribution < 1.29 is 4.74 Å². The van der Waals surface area contributed by atoms with Gasteiger partial charge in [0.15, 0.2) is 0 Å². The highest BCUT2D eigenvalue weighted by atomic mass is 16.5. The number of hydrogen-bond acceptors (Lipinski definition) is 2. The molecule has 1 rings (SSSR count). The SMILES string of the molecule is CCC(NC)c1ccc(OC(C)C)cc1. The van der Waals surface area contributed by atoms with Crippen molar-refractivity contribution in [2.45, 2.75) is 39.3 Å². The summed E-state index contributed by atoms with van der Waals surface area (Å²) in [4.78, 5) is 0. The van der Waals surface area contributed by atoms with E-state index in [0.29, 0.717) is 6.04 Å². The Kier molecular flexibility index (Phi) is 4.63. The molecule has 15 heavy (non-hydrogen) atoms. The zero-order valence-corrected chi connectivity index (χ0v) is 10.1. The maximum Gasteiger partial charge on any atom is 0.119 e. The Hall–Kier alpha value is -1.02. The van der Waals surface area contributed by atoms with E-state index in [2.05, 4.69) is 24.4 Å². The Morgan fingerprint density at radius 3 is 2.20 bits per heavy atom. The van der Waals surface area contributed by atoms with Crippen molar-refractivity contribution in [3.05, 3.63) is 29.8 Å². The molecule has 2 nitrogen and oxygen atoms in total. The Morgan fingerprint density at radius 2 is 1.80 bits per heavy atom. The lowest BCUT2D eigenvalue weighted by molar-refractivity contribution is 0.242. The molecule has 1 N–H and O–H groups in total. The van der Waals surface area contributed by atoms with Crippen molar-refractivity contribution in [2.75, 3.05) is 7.05 Å². The Labute approximate surface area is 92.6 Å². The molecule has 0 aliphatic heterocycles. The van der Waals surface area contributed by atoms with E-state index in [4.69, 9.17) is 4.74 Å². The molecule has 0 spiro atoms. The van der Waals surface area contributed by atoms with Crippen LogP contribution in [0, 0.1) is 0 Å². The van der Waals surface area contributed by atoms with Crippen molar-refractivity contribution in [1.29, 1.82) is 0 Å². The number of hydrogen-bond donors (Lipinski definition) is 1. The number of nitrogens with one attached hydrogen (secondary N) is 1. The van der Waals surface area contributed by atoms with Gasteiger partial charge in [0, 0.05) is 6.04 Å². The maximum absolute atomic E-state index is 5.60. The van der Waals surface area contributed by atoms with Crippen LogP contribution in [0.25, 0.3) is 0 Å². The molecule has 0 saturated carbocycles. The van der Waals surface area contributed by atoms with E-state index in [0.717, 1.165) is 12.2 Å². The van der Waals surface area contributed by atoms with Crippen molar-refractivity contribution in [1.82, 2.24) is 5.32 Å². The van der Waals surface area contributed by atoms with Gasteiger partial charge in [-0.25, -0.2) is 0 Å². The van der Waals surface area contributed by atoms with Gasteiger partial charge in [0.2, 0.25) is 0 Å². The monoisotopic (exact) mass is 207 g/mol. The van der Waals surface area contributed by atoms with Crippen LogP contribution in [0.4, 0.5) is 0 Å². The number of benzene rings is 1. The van der Waals surface area contributed by atoms with Crippen molar-refractivity contribution in [3.63, 3.8) is 0 Å². The van der Waals surface area contributed by atoms with E-state index < -0.39 is 0 Å². The van der Waals surface area contributed by atoms with Gasteiger partial charge in [-0.3, -0.25) is 0 Å². The average Bonchev–Trinajstić information content (AvgIpc) is 2.21. The summed E-state index contributed by atoms with van der Waals surface area (Å²) >= 11 is 0. The first-order valence-electron chi connectivity index (χ1n) is 5.61. The molecule has 2 heteroatoms. The van der Waals surface area contributed by atoms with Gasteiger partial charge in [-0.1, -0.05) is 19.1 Å². The lowest BCUT2D eigenvalue weighted by Gasteiger charge is -2.15. The summed E-state index contributed by atoms with van der Waals surface area (Å²) in [6.07, 6.45) is 1.34. The van der Waals surface area contributed by atoms with Crippen LogP contribution in [0.5, 0.6) is 5.75 Å². The normalized spacial score (nSPS) is 12.9. The Bertz CT molecular complexity index is 275. The predicted octanol–water partition coefficient (Wildman–Crippen LogP) is 3.14. The lowest BCUT2D eigenvalue weighted by atomic mass is 10.0. The van der Waals surface area contributed by atoms with Crippen LogP contribution in [-0.2, 0) is 0 Å². The van der Waals surface area contributed by atoms with Gasteiger partial charge >= 0.3 is 0 Å². The zero-order chi connectivity index (χ0) is 11.3. The molecule has 0 bridgehead atoms. The summed E-state index contributed by atoms with van der Waals surface area (Å²) in [6.45, 7) is 6.26. The topological polar surface area (TPSA) is 21.3 Å². The van der Waals surface area contributed by atoms with E-state index in [1.54, 1.807) is 0 Å². The van der Waals surface area contributed by atoms with Crippen LogP contribution in [0.15, 0.2) is 24.3 Å². The Balaban J connectivity index is 2.71. The van der Waals surface area contributed by atoms with E-state index in [1.165, 1.54) is 5.56 Å². The fraction of sp³-hybridized carbons (Fsp3) is 0.538. The summed E-state index contributed by atoms with van der Waals surface area (Å²) in [7, 11) is 1.99. The molecule has 0 aliphatic rings. The van der Waals surface area contributed by atoms with Crippen LogP contribution in [0.2, 0.25) is 0 Å². The number of rotatable bonds is 5. The van der Waals surface area contributed by atoms with Crippen LogP contribution >= 0.6 is 0 Å². The highest BCUT2D eigenvalue weighted by Gasteiger charge is 2.06. The van der Waals surface area contributed by atoms with Gasteiger partial charge < -0.3 is 10.1 Å². The lowest BCUT2D eigenvalue weighted by Crippen LogP contribution is -2.15. The molecule has 84 valence electrons. The van der Waals surface area contributed by atoms with Gasteiger partial charge in [0.05, 0.1) is 6.10 Å². The summed E-state index contributed by atoms with van der Waals surface area (Å²) in [5.41, 5.74) is 1.32. The fourth-order valence-electron chi connectivity index (χ4n) is 1.66. The standard InChI is InChI=1S/C13H21NO/c1-5-13(14-4)11-6-8-12(9-7-11)15-10(2)3/h6-10,13-14H,5H2,1-4H3. The Morgan fingerprint density at radius 1 is 1.20 bits per heavy atom. The molecule has 0 aliphatic carbocycles. The third kappa shape index (κ3) is 3.56. The summed E-state index contributed by atoms with van der Waals surface area (Å²) in [5.74, 6) is 0.944. The minimum absolute atomic E-state index is 0.238. The highest BCUT2D eigenvalue weighted by Crippen LogP contribution is 2.20. The summed E-state index contributed by atoms with van der Waals surface area (Å²) in [6, 6.07) is 8.77. The average molecular weight is 207 g/mol. The van der Waals surface area contributed by atoms with Crippen LogP contribution in [0.3, 0.4) is 0 Å². The molecule has 0 fully saturated rings. The summed E-state index contributed by atoms with van der Waals surface area (Å²) < 4.78 is 5.60. The predicted molar refractivity (Wildman–Crippen MR) is 64.3 cm³/mol. The van der Waals surface area contributed by atoms with Crippen molar-refractivity contribution in [3.8, 4) is 5.75 Å². The smallest absolute Gasteiger partial charge is 0.119 e. The van der Waals surface area contributed by atoms with Crippen LogP contribution in [-0.4, -0.2) is 13.2 Å². The molecule has 0 saturated heterocycles. The minimum Gasteiger partial charge on any atom is -0.491 e. The molecule has 0 amide bonds. The van der Waals surface area contributed by atoms with Gasteiger partial charge in [0.1, 0.15) is 5.75 Å². The zero-order valence-electron chi connectivity index (χ0n) is 10.1. The molecule has 0 heterocycles. The molecule has 1 aromatic rings. The maximum atomic E-state index is 5.60.